The Balaban J connectivity index is 1.87. The Hall–Kier alpha value is -1.40. The van der Waals surface area contributed by atoms with E-state index in [1.165, 1.54) is 19.3 Å². The van der Waals surface area contributed by atoms with Crippen LogP contribution in [0.25, 0.3) is 0 Å². The summed E-state index contributed by atoms with van der Waals surface area (Å²) in [4.78, 5) is 15.4. The van der Waals surface area contributed by atoms with Gasteiger partial charge in [-0.15, -0.1) is 0 Å². The van der Waals surface area contributed by atoms with Gasteiger partial charge in [0, 0.05) is 32.3 Å². The number of hydrogen-bond donors (Lipinski definition) is 3. The Labute approximate surface area is 113 Å². The molecule has 4 N–H and O–H groups in total. The zero-order chi connectivity index (χ0) is 13.7. The molecule has 1 saturated carbocycles. The molecule has 0 bridgehead atoms. The van der Waals surface area contributed by atoms with Gasteiger partial charge in [0.15, 0.2) is 0 Å². The quantitative estimate of drug-likeness (QED) is 0.626. The number of carboxylic acid groups (broad SMARTS) is 1. The minimum absolute atomic E-state index is 0.396. The van der Waals surface area contributed by atoms with E-state index in [2.05, 4.69) is 14.9 Å². The monoisotopic (exact) mass is 266 g/mol. The fourth-order valence-corrected chi connectivity index (χ4v) is 2.30. The highest BCUT2D eigenvalue weighted by Gasteiger charge is 2.20. The van der Waals surface area contributed by atoms with Crippen LogP contribution in [0.1, 0.15) is 25.0 Å². The van der Waals surface area contributed by atoms with Crippen LogP contribution in [-0.2, 0) is 17.8 Å². The molecule has 0 unspecified atom stereocenters. The number of rotatable bonds is 8. The van der Waals surface area contributed by atoms with Crippen molar-refractivity contribution < 1.29 is 9.90 Å². The third kappa shape index (κ3) is 4.04. The van der Waals surface area contributed by atoms with Crippen molar-refractivity contribution in [3.8, 4) is 0 Å². The number of hydrogen-bond acceptors (Lipinski definition) is 4. The minimum Gasteiger partial charge on any atom is -0.480 e. The molecule has 0 aromatic carbocycles. The van der Waals surface area contributed by atoms with Gasteiger partial charge in [0.1, 0.15) is 6.04 Å². The lowest BCUT2D eigenvalue weighted by atomic mass is 9.85. The van der Waals surface area contributed by atoms with Crippen LogP contribution in [0.5, 0.6) is 0 Å². The van der Waals surface area contributed by atoms with Gasteiger partial charge < -0.3 is 20.7 Å². The van der Waals surface area contributed by atoms with Crippen molar-refractivity contribution in [1.82, 2.24) is 14.9 Å². The highest BCUT2D eigenvalue weighted by atomic mass is 16.4. The predicted molar refractivity (Wildman–Crippen MR) is 71.8 cm³/mol. The number of aliphatic carboxylic acids is 1. The summed E-state index contributed by atoms with van der Waals surface area (Å²) in [5, 5.41) is 12.0. The molecule has 106 valence electrons. The second kappa shape index (κ2) is 6.68. The van der Waals surface area contributed by atoms with Crippen LogP contribution in [0.3, 0.4) is 0 Å². The average molecular weight is 266 g/mol. The van der Waals surface area contributed by atoms with Gasteiger partial charge in [-0.2, -0.15) is 0 Å². The van der Waals surface area contributed by atoms with E-state index in [1.807, 2.05) is 6.20 Å². The van der Waals surface area contributed by atoms with E-state index in [4.69, 9.17) is 10.8 Å². The minimum atomic E-state index is -0.859. The summed E-state index contributed by atoms with van der Waals surface area (Å²) in [5.41, 5.74) is 6.19. The second-order valence-electron chi connectivity index (χ2n) is 5.20. The van der Waals surface area contributed by atoms with E-state index >= 15 is 0 Å². The molecule has 1 aliphatic rings. The molecule has 19 heavy (non-hydrogen) atoms. The highest BCUT2D eigenvalue weighted by molar-refractivity contribution is 5.73. The molecular formula is C13H22N4O2. The third-order valence-electron chi connectivity index (χ3n) is 3.63. The molecule has 6 heteroatoms. The zero-order valence-corrected chi connectivity index (χ0v) is 11.1. The van der Waals surface area contributed by atoms with Crippen molar-refractivity contribution in [2.24, 2.45) is 11.7 Å². The molecule has 1 aliphatic carbocycles. The summed E-state index contributed by atoms with van der Waals surface area (Å²) < 4.78 is 2.07. The van der Waals surface area contributed by atoms with Crippen molar-refractivity contribution >= 4 is 5.97 Å². The van der Waals surface area contributed by atoms with E-state index in [0.717, 1.165) is 18.2 Å². The number of carbonyl (C=O) groups is 1. The smallest absolute Gasteiger partial charge is 0.321 e. The summed E-state index contributed by atoms with van der Waals surface area (Å²) in [6.07, 6.45) is 8.07. The average Bonchev–Trinajstić information content (AvgIpc) is 2.76. The van der Waals surface area contributed by atoms with Gasteiger partial charge in [0.05, 0.1) is 12.0 Å². The van der Waals surface area contributed by atoms with Gasteiger partial charge >= 0.3 is 5.97 Å². The van der Waals surface area contributed by atoms with E-state index in [9.17, 15) is 4.79 Å². The molecule has 0 saturated heterocycles. The Morgan fingerprint density at radius 3 is 3.00 bits per heavy atom. The van der Waals surface area contributed by atoms with Crippen LogP contribution >= 0.6 is 0 Å². The predicted octanol–water partition coefficient (Wildman–Crippen LogP) is 0.227. The highest BCUT2D eigenvalue weighted by Crippen LogP contribution is 2.27. The molecule has 0 spiro atoms. The van der Waals surface area contributed by atoms with Gasteiger partial charge in [0.25, 0.3) is 0 Å². The topological polar surface area (TPSA) is 93.2 Å². The molecule has 0 aliphatic heterocycles. The molecule has 0 radical (unpaired) electrons. The van der Waals surface area contributed by atoms with Crippen molar-refractivity contribution in [3.05, 3.63) is 18.2 Å². The Morgan fingerprint density at radius 2 is 2.42 bits per heavy atom. The molecule has 1 atom stereocenters. The Kier molecular flexibility index (Phi) is 4.93. The van der Waals surface area contributed by atoms with Crippen molar-refractivity contribution in [2.45, 2.75) is 38.3 Å². The molecular weight excluding hydrogens is 244 g/mol. The molecule has 1 aromatic rings. The third-order valence-corrected chi connectivity index (χ3v) is 3.63. The summed E-state index contributed by atoms with van der Waals surface area (Å²) >= 11 is 0. The summed E-state index contributed by atoms with van der Waals surface area (Å²) in [6, 6.07) is -0.615. The number of nitrogens with two attached hydrogens (primary N) is 1. The van der Waals surface area contributed by atoms with Gasteiger partial charge in [-0.1, -0.05) is 6.42 Å². The lowest BCUT2D eigenvalue weighted by molar-refractivity contribution is -0.139. The first-order valence-electron chi connectivity index (χ1n) is 6.86. The maximum atomic E-state index is 11.1. The molecule has 1 fully saturated rings. The summed E-state index contributed by atoms with van der Waals surface area (Å²) in [5.74, 6) is -0.0883. The fourth-order valence-electron chi connectivity index (χ4n) is 2.30. The number of nitrogens with zero attached hydrogens (tertiary/aromatic N) is 2. The van der Waals surface area contributed by atoms with Crippen LogP contribution in [0, 0.1) is 5.92 Å². The number of nitrogens with one attached hydrogen (secondary N) is 1. The maximum absolute atomic E-state index is 11.1. The van der Waals surface area contributed by atoms with Crippen LogP contribution in [0.4, 0.5) is 0 Å². The van der Waals surface area contributed by atoms with E-state index in [1.54, 1.807) is 6.33 Å². The van der Waals surface area contributed by atoms with Crippen LogP contribution < -0.4 is 11.1 Å². The number of imidazole rings is 1. The van der Waals surface area contributed by atoms with Crippen LogP contribution in [-0.4, -0.2) is 39.8 Å². The van der Waals surface area contributed by atoms with Crippen molar-refractivity contribution in [2.75, 3.05) is 13.1 Å². The van der Waals surface area contributed by atoms with Gasteiger partial charge in [-0.05, 0) is 18.8 Å². The molecule has 6 nitrogen and oxygen atoms in total. The SMILES string of the molecule is NCCN[C@@H](Cc1cn(CC2CCC2)cn1)C(=O)O. The first kappa shape index (κ1) is 14.0. The lowest BCUT2D eigenvalue weighted by Gasteiger charge is -2.25. The lowest BCUT2D eigenvalue weighted by Crippen LogP contribution is -2.41. The summed E-state index contributed by atoms with van der Waals surface area (Å²) in [6.45, 7) is 1.93. The molecule has 0 amide bonds. The fraction of sp³-hybridized carbons (Fsp3) is 0.692. The van der Waals surface area contributed by atoms with Gasteiger partial charge in [-0.3, -0.25) is 4.79 Å². The summed E-state index contributed by atoms with van der Waals surface area (Å²) in [7, 11) is 0. The first-order chi connectivity index (χ1) is 9.19. The van der Waals surface area contributed by atoms with E-state index in [-0.39, 0.29) is 0 Å². The largest absolute Gasteiger partial charge is 0.480 e. The molecule has 2 rings (SSSR count). The maximum Gasteiger partial charge on any atom is 0.321 e. The normalized spacial score (nSPS) is 17.1. The van der Waals surface area contributed by atoms with Crippen molar-refractivity contribution in [3.63, 3.8) is 0 Å². The first-order valence-corrected chi connectivity index (χ1v) is 6.86. The van der Waals surface area contributed by atoms with Gasteiger partial charge in [0.2, 0.25) is 0 Å². The molecule has 1 aromatic heterocycles. The zero-order valence-electron chi connectivity index (χ0n) is 11.1. The standard InChI is InChI=1S/C13H22N4O2/c14-4-5-15-12(13(18)19)6-11-8-17(9-16-11)7-10-2-1-3-10/h8-10,12,15H,1-7,14H2,(H,18,19)/t12-/m0/s1. The van der Waals surface area contributed by atoms with Gasteiger partial charge in [-0.25, -0.2) is 4.98 Å². The molecule has 1 heterocycles. The van der Waals surface area contributed by atoms with E-state index in [0.29, 0.717) is 19.5 Å². The van der Waals surface area contributed by atoms with E-state index < -0.39 is 12.0 Å². The van der Waals surface area contributed by atoms with Crippen LogP contribution in [0.15, 0.2) is 12.5 Å². The van der Waals surface area contributed by atoms with Crippen molar-refractivity contribution in [1.29, 1.82) is 0 Å². The van der Waals surface area contributed by atoms with Crippen LogP contribution in [0.2, 0.25) is 0 Å². The Morgan fingerprint density at radius 1 is 1.63 bits per heavy atom. The second-order valence-corrected chi connectivity index (χ2v) is 5.20. The Bertz CT molecular complexity index is 415. The number of aromatic nitrogens is 2. The number of carboxylic acids is 1.